The molecule has 6 heteroatoms. The number of aliphatic carboxylic acids is 1. The van der Waals surface area contributed by atoms with Crippen molar-refractivity contribution >= 4 is 5.97 Å². The van der Waals surface area contributed by atoms with E-state index in [1.54, 1.807) is 4.68 Å². The second-order valence-corrected chi connectivity index (χ2v) is 5.38. The SMILES string of the molecule is CCC(CC(=O)O)Cn1nnnc1-c1cc(C)ccc1C. The van der Waals surface area contributed by atoms with Gasteiger partial charge in [0.15, 0.2) is 5.82 Å². The predicted molar refractivity (Wildman–Crippen MR) is 78.8 cm³/mol. The first-order chi connectivity index (χ1) is 10.0. The van der Waals surface area contributed by atoms with Crippen LogP contribution in [-0.4, -0.2) is 31.3 Å². The molecule has 0 aliphatic carbocycles. The summed E-state index contributed by atoms with van der Waals surface area (Å²) in [5.74, 6) is -0.0712. The lowest BCUT2D eigenvalue weighted by atomic mass is 10.0. The molecule has 0 aliphatic rings. The molecule has 1 unspecified atom stereocenters. The molecule has 2 rings (SSSR count). The molecular formula is C15H20N4O2. The van der Waals surface area contributed by atoms with Gasteiger partial charge in [-0.3, -0.25) is 4.79 Å². The topological polar surface area (TPSA) is 80.9 Å². The first-order valence-corrected chi connectivity index (χ1v) is 7.06. The van der Waals surface area contributed by atoms with Crippen LogP contribution in [0.3, 0.4) is 0 Å². The number of nitrogens with zero attached hydrogens (tertiary/aromatic N) is 4. The van der Waals surface area contributed by atoms with E-state index in [4.69, 9.17) is 5.11 Å². The number of hydrogen-bond acceptors (Lipinski definition) is 4. The normalized spacial score (nSPS) is 12.3. The number of aromatic nitrogens is 4. The van der Waals surface area contributed by atoms with E-state index in [1.165, 1.54) is 0 Å². The van der Waals surface area contributed by atoms with Gasteiger partial charge in [-0.05, 0) is 41.8 Å². The van der Waals surface area contributed by atoms with E-state index >= 15 is 0 Å². The van der Waals surface area contributed by atoms with Crippen LogP contribution in [0.4, 0.5) is 0 Å². The van der Waals surface area contributed by atoms with Gasteiger partial charge < -0.3 is 5.11 Å². The average molecular weight is 288 g/mol. The Labute approximate surface area is 123 Å². The van der Waals surface area contributed by atoms with Crippen molar-refractivity contribution in [2.45, 2.75) is 40.2 Å². The predicted octanol–water partition coefficient (Wildman–Crippen LogP) is 2.46. The quantitative estimate of drug-likeness (QED) is 0.883. The number of benzene rings is 1. The molecule has 0 fully saturated rings. The van der Waals surface area contributed by atoms with Crippen LogP contribution >= 0.6 is 0 Å². The van der Waals surface area contributed by atoms with Crippen molar-refractivity contribution < 1.29 is 9.90 Å². The monoisotopic (exact) mass is 288 g/mol. The van der Waals surface area contributed by atoms with Crippen LogP contribution in [0.25, 0.3) is 11.4 Å². The van der Waals surface area contributed by atoms with Gasteiger partial charge in [-0.25, -0.2) is 4.68 Å². The molecule has 0 amide bonds. The van der Waals surface area contributed by atoms with Gasteiger partial charge >= 0.3 is 5.97 Å². The molecule has 0 saturated carbocycles. The maximum absolute atomic E-state index is 10.9. The first-order valence-electron chi connectivity index (χ1n) is 7.06. The van der Waals surface area contributed by atoms with Gasteiger partial charge in [0, 0.05) is 18.5 Å². The Morgan fingerprint density at radius 1 is 1.38 bits per heavy atom. The van der Waals surface area contributed by atoms with E-state index in [0.29, 0.717) is 12.4 Å². The van der Waals surface area contributed by atoms with Gasteiger partial charge in [-0.15, -0.1) is 5.10 Å². The highest BCUT2D eigenvalue weighted by atomic mass is 16.4. The summed E-state index contributed by atoms with van der Waals surface area (Å²) in [5, 5.41) is 20.8. The van der Waals surface area contributed by atoms with Crippen molar-refractivity contribution in [2.75, 3.05) is 0 Å². The van der Waals surface area contributed by atoms with Crippen molar-refractivity contribution in [2.24, 2.45) is 5.92 Å². The Morgan fingerprint density at radius 3 is 2.81 bits per heavy atom. The molecule has 0 saturated heterocycles. The molecular weight excluding hydrogens is 268 g/mol. The Morgan fingerprint density at radius 2 is 2.14 bits per heavy atom. The molecule has 1 N–H and O–H groups in total. The number of carbonyl (C=O) groups is 1. The molecule has 2 aromatic rings. The highest BCUT2D eigenvalue weighted by Crippen LogP contribution is 2.23. The fraction of sp³-hybridized carbons (Fsp3) is 0.467. The maximum Gasteiger partial charge on any atom is 0.303 e. The van der Waals surface area contributed by atoms with Crippen molar-refractivity contribution in [3.05, 3.63) is 29.3 Å². The fourth-order valence-corrected chi connectivity index (χ4v) is 2.33. The van der Waals surface area contributed by atoms with Crippen molar-refractivity contribution in [1.82, 2.24) is 20.2 Å². The van der Waals surface area contributed by atoms with E-state index in [9.17, 15) is 4.79 Å². The maximum atomic E-state index is 10.9. The Balaban J connectivity index is 2.30. The second kappa shape index (κ2) is 6.47. The second-order valence-electron chi connectivity index (χ2n) is 5.38. The fourth-order valence-electron chi connectivity index (χ4n) is 2.33. The smallest absolute Gasteiger partial charge is 0.303 e. The van der Waals surface area contributed by atoms with Crippen molar-refractivity contribution in [3.63, 3.8) is 0 Å². The zero-order valence-corrected chi connectivity index (χ0v) is 12.6. The molecule has 1 heterocycles. The molecule has 21 heavy (non-hydrogen) atoms. The zero-order valence-electron chi connectivity index (χ0n) is 12.6. The summed E-state index contributed by atoms with van der Waals surface area (Å²) < 4.78 is 1.71. The van der Waals surface area contributed by atoms with Crippen LogP contribution in [0.1, 0.15) is 30.9 Å². The van der Waals surface area contributed by atoms with Crippen LogP contribution in [0.2, 0.25) is 0 Å². The van der Waals surface area contributed by atoms with Crippen LogP contribution in [-0.2, 0) is 11.3 Å². The summed E-state index contributed by atoms with van der Waals surface area (Å²) in [6, 6.07) is 6.14. The Hall–Kier alpha value is -2.24. The van der Waals surface area contributed by atoms with Crippen LogP contribution in [0.5, 0.6) is 0 Å². The highest BCUT2D eigenvalue weighted by molar-refractivity contribution is 5.67. The summed E-state index contributed by atoms with van der Waals surface area (Å²) in [4.78, 5) is 10.9. The third-order valence-corrected chi connectivity index (χ3v) is 3.64. The molecule has 6 nitrogen and oxygen atoms in total. The van der Waals surface area contributed by atoms with Gasteiger partial charge in [-0.1, -0.05) is 31.0 Å². The number of carboxylic acid groups (broad SMARTS) is 1. The summed E-state index contributed by atoms with van der Waals surface area (Å²) in [5.41, 5.74) is 3.23. The molecule has 0 spiro atoms. The lowest BCUT2D eigenvalue weighted by molar-refractivity contribution is -0.138. The van der Waals surface area contributed by atoms with Gasteiger partial charge in [0.05, 0.1) is 0 Å². The Kier molecular flexibility index (Phi) is 4.67. The number of aryl methyl sites for hydroxylation is 2. The van der Waals surface area contributed by atoms with E-state index in [2.05, 4.69) is 21.6 Å². The molecule has 1 aromatic carbocycles. The summed E-state index contributed by atoms with van der Waals surface area (Å²) in [6.07, 6.45) is 0.904. The van der Waals surface area contributed by atoms with Gasteiger partial charge in [0.1, 0.15) is 0 Å². The summed E-state index contributed by atoms with van der Waals surface area (Å²) in [7, 11) is 0. The van der Waals surface area contributed by atoms with Crippen molar-refractivity contribution in [3.8, 4) is 11.4 Å². The lowest BCUT2D eigenvalue weighted by Crippen LogP contribution is -2.16. The third kappa shape index (κ3) is 3.65. The summed E-state index contributed by atoms with van der Waals surface area (Å²) in [6.45, 7) is 6.53. The molecule has 112 valence electrons. The molecule has 1 atom stereocenters. The minimum Gasteiger partial charge on any atom is -0.481 e. The molecule has 0 aliphatic heterocycles. The number of tetrazole rings is 1. The minimum absolute atomic E-state index is 0.0230. The largest absolute Gasteiger partial charge is 0.481 e. The van der Waals surface area contributed by atoms with Gasteiger partial charge in [0.2, 0.25) is 0 Å². The molecule has 0 bridgehead atoms. The number of rotatable bonds is 6. The van der Waals surface area contributed by atoms with Crippen molar-refractivity contribution in [1.29, 1.82) is 0 Å². The number of carboxylic acids is 1. The van der Waals surface area contributed by atoms with E-state index in [1.807, 2.05) is 32.9 Å². The summed E-state index contributed by atoms with van der Waals surface area (Å²) >= 11 is 0. The van der Waals surface area contributed by atoms with Crippen LogP contribution < -0.4 is 0 Å². The van der Waals surface area contributed by atoms with Crippen LogP contribution in [0, 0.1) is 19.8 Å². The Bertz CT molecular complexity index is 636. The van der Waals surface area contributed by atoms with E-state index in [0.717, 1.165) is 23.1 Å². The van der Waals surface area contributed by atoms with Gasteiger partial charge in [0.25, 0.3) is 0 Å². The van der Waals surface area contributed by atoms with E-state index < -0.39 is 5.97 Å². The average Bonchev–Trinajstić information content (AvgIpc) is 2.88. The highest BCUT2D eigenvalue weighted by Gasteiger charge is 2.17. The molecule has 1 aromatic heterocycles. The third-order valence-electron chi connectivity index (χ3n) is 3.64. The standard InChI is InChI=1S/C15H20N4O2/c1-4-12(8-14(20)21)9-19-15(16-17-18-19)13-7-10(2)5-6-11(13)3/h5-7,12H,4,8-9H2,1-3H3,(H,20,21). The zero-order chi connectivity index (χ0) is 15.4. The first kappa shape index (κ1) is 15.2. The molecule has 0 radical (unpaired) electrons. The van der Waals surface area contributed by atoms with Crippen LogP contribution in [0.15, 0.2) is 18.2 Å². The minimum atomic E-state index is -0.789. The lowest BCUT2D eigenvalue weighted by Gasteiger charge is -2.14. The number of hydrogen-bond donors (Lipinski definition) is 1. The van der Waals surface area contributed by atoms with Gasteiger partial charge in [-0.2, -0.15) is 0 Å². The van der Waals surface area contributed by atoms with E-state index in [-0.39, 0.29) is 12.3 Å².